The van der Waals surface area contributed by atoms with E-state index in [1.54, 1.807) is 38.1 Å². The number of likely N-dealkylation sites (N-methyl/N-ethyl adjacent to an activating group) is 1. The van der Waals surface area contributed by atoms with E-state index in [1.807, 2.05) is 30.3 Å². The third kappa shape index (κ3) is 13.4. The number of aliphatic hydroxyl groups is 2. The van der Waals surface area contributed by atoms with Crippen LogP contribution in [0.25, 0.3) is 22.5 Å². The lowest BCUT2D eigenvalue weighted by atomic mass is 9.86. The summed E-state index contributed by atoms with van der Waals surface area (Å²) in [5.41, 5.74) is 21.5. The van der Waals surface area contributed by atoms with Crippen LogP contribution in [0.5, 0.6) is 11.5 Å². The van der Waals surface area contributed by atoms with E-state index in [0.717, 1.165) is 16.0 Å². The zero-order valence-corrected chi connectivity index (χ0v) is 40.7. The van der Waals surface area contributed by atoms with Crippen LogP contribution >= 0.6 is 0 Å². The number of aliphatic hydroxyl groups excluding tert-OH is 2. The molecule has 374 valence electrons. The fourth-order valence-electron chi connectivity index (χ4n) is 7.82. The predicted octanol–water partition coefficient (Wildman–Crippen LogP) is 0.954. The van der Waals surface area contributed by atoms with Crippen molar-refractivity contribution >= 4 is 29.5 Å². The Hall–Kier alpha value is -7.02. The number of aromatic nitrogens is 2. The van der Waals surface area contributed by atoms with Crippen molar-refractivity contribution in [2.24, 2.45) is 17.2 Å². The molecule has 1 aliphatic rings. The largest absolute Gasteiger partial charge is 0.490 e. The van der Waals surface area contributed by atoms with E-state index in [1.165, 1.54) is 26.1 Å². The summed E-state index contributed by atoms with van der Waals surface area (Å²) in [6.45, 7) is 10.0. The predicted molar refractivity (Wildman–Crippen MR) is 261 cm³/mol. The maximum absolute atomic E-state index is 14.8. The SMILES string of the molecule is Cc1nc(-c2ccc(C(C)(C)C)cc2)nc(C)c1C(=O)N[C@@H](CCN)C(=O)N(C)[C@@H]1C(=O)N[C@@H](C)C(=O)N[C@H](C(=O)NCC#N)Cc2ccc(OC[C@H](O)CN)c(c2)-c2cc1ccc2OC[C@H](O)CN. The second kappa shape index (κ2) is 24.0. The number of aryl methyl sites for hydroxylation is 2. The van der Waals surface area contributed by atoms with Gasteiger partial charge in [-0.1, -0.05) is 57.2 Å². The molecule has 0 saturated heterocycles. The number of carbonyl (C=O) groups is 5. The lowest BCUT2D eigenvalue weighted by Gasteiger charge is -2.32. The van der Waals surface area contributed by atoms with Crippen LogP contribution in [0.4, 0.5) is 0 Å². The van der Waals surface area contributed by atoms with Crippen molar-refractivity contribution in [1.82, 2.24) is 36.1 Å². The van der Waals surface area contributed by atoms with Crippen LogP contribution in [0.15, 0.2) is 60.7 Å². The maximum atomic E-state index is 14.8. The molecule has 5 rings (SSSR count). The molecule has 1 aliphatic heterocycles. The van der Waals surface area contributed by atoms with Crippen LogP contribution < -0.4 is 47.9 Å². The van der Waals surface area contributed by atoms with Crippen molar-refractivity contribution in [3.05, 3.63) is 94.3 Å². The third-order valence-electron chi connectivity index (χ3n) is 11.8. The molecule has 1 aromatic heterocycles. The summed E-state index contributed by atoms with van der Waals surface area (Å²) in [5.74, 6) is -2.77. The van der Waals surface area contributed by atoms with Crippen LogP contribution in [0.2, 0.25) is 0 Å². The second-order valence-corrected chi connectivity index (χ2v) is 18.2. The summed E-state index contributed by atoms with van der Waals surface area (Å²) in [4.78, 5) is 81.3. The Bertz CT molecular complexity index is 2550. The Kier molecular flexibility index (Phi) is 18.5. The lowest BCUT2D eigenvalue weighted by molar-refractivity contribution is -0.141. The minimum Gasteiger partial charge on any atom is -0.490 e. The standard InChI is InChI=1S/C50H65N11O9/c1-27-42(28(2)57-44(56-27)31-9-12-33(13-10-31)50(4,5)6)47(66)59-38(16-17-51)49(68)61(7)43-32-11-15-41(70-26-35(63)24-54)37(22-32)36-20-30(8-14-40(36)69-25-34(62)23-53)21-39(46(65)55-19-18-52)60-45(64)29(3)58-48(43)67/h8-15,20,22,29,34-35,38-39,43,62-63H,16-17,19,21,23-26,51,53-54H2,1-7H3,(H,55,65)(H,58,67)(H,59,66)(H,60,64)/t29-,34+,35+,38-,39-,43-/m0/s1. The van der Waals surface area contributed by atoms with Gasteiger partial charge in [0.05, 0.1) is 23.0 Å². The molecule has 0 fully saturated rings. The van der Waals surface area contributed by atoms with E-state index < -0.39 is 65.9 Å². The van der Waals surface area contributed by atoms with Crippen LogP contribution in [0, 0.1) is 25.2 Å². The molecule has 0 unspecified atom stereocenters. The van der Waals surface area contributed by atoms with E-state index in [2.05, 4.69) is 52.0 Å². The molecule has 20 nitrogen and oxygen atoms in total. The normalized spacial score (nSPS) is 17.3. The summed E-state index contributed by atoms with van der Waals surface area (Å²) >= 11 is 0. The molecule has 2 heterocycles. The van der Waals surface area contributed by atoms with Gasteiger partial charge >= 0.3 is 0 Å². The number of carbonyl (C=O) groups excluding carboxylic acids is 5. The molecular formula is C50H65N11O9. The topological polar surface area (TPSA) is 323 Å². The van der Waals surface area contributed by atoms with Crippen LogP contribution in [-0.2, 0) is 31.0 Å². The number of amides is 5. The smallest absolute Gasteiger partial charge is 0.255 e. The molecule has 70 heavy (non-hydrogen) atoms. The number of hydrogen-bond donors (Lipinski definition) is 9. The van der Waals surface area contributed by atoms with Gasteiger partial charge in [0.1, 0.15) is 67.6 Å². The number of hydrogen-bond acceptors (Lipinski definition) is 15. The number of nitrogens with two attached hydrogens (primary N) is 3. The Morgan fingerprint density at radius 3 is 2.03 bits per heavy atom. The minimum atomic E-state index is -1.50. The van der Waals surface area contributed by atoms with E-state index in [-0.39, 0.29) is 80.3 Å². The Labute approximate surface area is 407 Å². The van der Waals surface area contributed by atoms with E-state index >= 15 is 0 Å². The highest BCUT2D eigenvalue weighted by molar-refractivity contribution is 6.00. The number of benzene rings is 3. The van der Waals surface area contributed by atoms with Crippen molar-refractivity contribution in [2.45, 2.75) is 96.2 Å². The highest BCUT2D eigenvalue weighted by Crippen LogP contribution is 2.40. The molecule has 0 radical (unpaired) electrons. The molecule has 0 aliphatic carbocycles. The van der Waals surface area contributed by atoms with Gasteiger partial charge in [-0.25, -0.2) is 9.97 Å². The quantitative estimate of drug-likeness (QED) is 0.0666. The first-order chi connectivity index (χ1) is 33.2. The number of fused-ring (bicyclic) bond motifs is 5. The van der Waals surface area contributed by atoms with Crippen molar-refractivity contribution in [1.29, 1.82) is 5.26 Å². The van der Waals surface area contributed by atoms with E-state index in [4.69, 9.17) is 26.7 Å². The van der Waals surface area contributed by atoms with Crippen LogP contribution in [-0.4, -0.2) is 131 Å². The molecule has 6 atom stereocenters. The zero-order chi connectivity index (χ0) is 51.4. The highest BCUT2D eigenvalue weighted by Gasteiger charge is 2.36. The Morgan fingerprint density at radius 2 is 1.47 bits per heavy atom. The fourth-order valence-corrected chi connectivity index (χ4v) is 7.82. The summed E-state index contributed by atoms with van der Waals surface area (Å²) in [7, 11) is 1.37. The molecule has 4 aromatic rings. The zero-order valence-electron chi connectivity index (χ0n) is 40.7. The molecule has 3 aromatic carbocycles. The van der Waals surface area contributed by atoms with E-state index in [0.29, 0.717) is 33.9 Å². The maximum Gasteiger partial charge on any atom is 0.255 e. The molecular weight excluding hydrogens is 899 g/mol. The number of nitrogens with one attached hydrogen (secondary N) is 4. The first-order valence-electron chi connectivity index (χ1n) is 23.0. The first-order valence-corrected chi connectivity index (χ1v) is 23.0. The first kappa shape index (κ1) is 53.9. The van der Waals surface area contributed by atoms with Gasteiger partial charge < -0.3 is 63.1 Å². The fraction of sp³-hybridized carbons (Fsp3) is 0.440. The molecule has 0 spiro atoms. The lowest BCUT2D eigenvalue weighted by Crippen LogP contribution is -2.56. The molecule has 12 N–H and O–H groups in total. The molecule has 20 heteroatoms. The van der Waals surface area contributed by atoms with Gasteiger partial charge in [0.25, 0.3) is 5.91 Å². The van der Waals surface area contributed by atoms with Crippen molar-refractivity contribution in [3.8, 4) is 40.1 Å². The second-order valence-electron chi connectivity index (χ2n) is 18.2. The minimum absolute atomic E-state index is 0.0392. The van der Waals surface area contributed by atoms with Gasteiger partial charge in [0.2, 0.25) is 23.6 Å². The number of nitrogens with zero attached hydrogens (tertiary/aromatic N) is 4. The third-order valence-corrected chi connectivity index (χ3v) is 11.8. The summed E-state index contributed by atoms with van der Waals surface area (Å²) in [6, 6.07) is 14.0. The van der Waals surface area contributed by atoms with Gasteiger partial charge in [-0.15, -0.1) is 0 Å². The van der Waals surface area contributed by atoms with Gasteiger partial charge in [-0.3, -0.25) is 24.0 Å². The Morgan fingerprint density at radius 1 is 0.886 bits per heavy atom. The number of ether oxygens (including phenoxy) is 2. The Balaban J connectivity index is 1.61. The van der Waals surface area contributed by atoms with Gasteiger partial charge in [-0.2, -0.15) is 5.26 Å². The number of nitriles is 1. The monoisotopic (exact) mass is 963 g/mol. The summed E-state index contributed by atoms with van der Waals surface area (Å²) in [6.07, 6.45) is -2.25. The van der Waals surface area contributed by atoms with Crippen molar-refractivity contribution in [2.75, 3.05) is 46.4 Å². The average Bonchev–Trinajstić information content (AvgIpc) is 3.32. The average molecular weight is 964 g/mol. The van der Waals surface area contributed by atoms with Crippen LogP contribution in [0.3, 0.4) is 0 Å². The number of rotatable bonds is 17. The molecule has 0 saturated carbocycles. The van der Waals surface area contributed by atoms with Crippen LogP contribution in [0.1, 0.15) is 78.6 Å². The van der Waals surface area contributed by atoms with Crippen molar-refractivity contribution in [3.63, 3.8) is 0 Å². The molecule has 4 bridgehead atoms. The summed E-state index contributed by atoms with van der Waals surface area (Å²) < 4.78 is 12.2. The van der Waals surface area contributed by atoms with Gasteiger partial charge in [0, 0.05) is 43.2 Å². The van der Waals surface area contributed by atoms with E-state index in [9.17, 15) is 39.4 Å². The highest BCUT2D eigenvalue weighted by atomic mass is 16.5. The van der Waals surface area contributed by atoms with Gasteiger partial charge in [-0.05, 0) is 80.1 Å². The molecule has 5 amide bonds. The van der Waals surface area contributed by atoms with Gasteiger partial charge in [0.15, 0.2) is 5.82 Å². The summed E-state index contributed by atoms with van der Waals surface area (Å²) in [5, 5.41) is 40.7. The van der Waals surface area contributed by atoms with Crippen molar-refractivity contribution < 1.29 is 43.7 Å².